The molecule has 0 radical (unpaired) electrons. The molecule has 0 saturated carbocycles. The van der Waals surface area contributed by atoms with E-state index in [4.69, 9.17) is 9.47 Å². The largest absolute Gasteiger partial charge is 0.442 e. The number of carbonyl (C=O) groups excluding carboxylic acids is 2. The van der Waals surface area contributed by atoms with Gasteiger partial charge in [0.05, 0.1) is 6.20 Å². The van der Waals surface area contributed by atoms with Crippen LogP contribution in [0.4, 0.5) is 9.59 Å². The number of amides is 2. The van der Waals surface area contributed by atoms with Crippen LogP contribution in [0.25, 0.3) is 0 Å². The smallest absolute Gasteiger partial charge is 0.436 e. The minimum absolute atomic E-state index is 0.670. The molecule has 0 aliphatic carbocycles. The van der Waals surface area contributed by atoms with Crippen LogP contribution in [0.5, 0.6) is 0 Å². The summed E-state index contributed by atoms with van der Waals surface area (Å²) in [7, 11) is 0. The highest BCUT2D eigenvalue weighted by Crippen LogP contribution is 2.10. The van der Waals surface area contributed by atoms with Crippen molar-refractivity contribution in [1.29, 1.82) is 0 Å². The number of aromatic nitrogens is 2. The Morgan fingerprint density at radius 1 is 1.14 bits per heavy atom. The number of ether oxygens (including phenoxy) is 2. The second-order valence-corrected chi connectivity index (χ2v) is 6.48. The van der Waals surface area contributed by atoms with E-state index >= 15 is 0 Å². The third-order valence-electron chi connectivity index (χ3n) is 1.96. The summed E-state index contributed by atoms with van der Waals surface area (Å²) in [4.78, 5) is 28.6. The van der Waals surface area contributed by atoms with Gasteiger partial charge in [0.25, 0.3) is 0 Å². The van der Waals surface area contributed by atoms with Crippen LogP contribution in [-0.2, 0) is 9.47 Å². The maximum absolute atomic E-state index is 12.2. The van der Waals surface area contributed by atoms with Gasteiger partial charge >= 0.3 is 12.2 Å². The third-order valence-corrected chi connectivity index (χ3v) is 1.96. The van der Waals surface area contributed by atoms with Gasteiger partial charge in [0.2, 0.25) is 0 Å². The summed E-state index contributed by atoms with van der Waals surface area (Å²) >= 11 is 0. The molecule has 0 aliphatic rings. The SMILES string of the molecule is CC(C)(C)OC(=O)N=CN(C(=O)OC(C)(C)C)n1cccn1. The van der Waals surface area contributed by atoms with Gasteiger partial charge < -0.3 is 9.47 Å². The predicted molar refractivity (Wildman–Crippen MR) is 81.4 cm³/mol. The van der Waals surface area contributed by atoms with Gasteiger partial charge in [0.15, 0.2) is 0 Å². The van der Waals surface area contributed by atoms with Crippen LogP contribution in [0.2, 0.25) is 0 Å². The van der Waals surface area contributed by atoms with Gasteiger partial charge in [-0.15, -0.1) is 0 Å². The zero-order chi connectivity index (χ0) is 17.0. The van der Waals surface area contributed by atoms with E-state index in [9.17, 15) is 9.59 Å². The average molecular weight is 310 g/mol. The molecule has 1 rings (SSSR count). The number of hydrogen-bond acceptors (Lipinski definition) is 5. The standard InChI is InChI=1S/C14H22N4O4/c1-13(2,3)21-11(19)15-10-17(18-9-7-8-16-18)12(20)22-14(4,5)6/h7-10H,1-6H3. The average Bonchev–Trinajstić information content (AvgIpc) is 2.77. The summed E-state index contributed by atoms with van der Waals surface area (Å²) < 4.78 is 10.3. The van der Waals surface area contributed by atoms with Gasteiger partial charge in [-0.3, -0.25) is 0 Å². The molecule has 0 saturated heterocycles. The zero-order valence-electron chi connectivity index (χ0n) is 13.7. The number of nitrogens with zero attached hydrogens (tertiary/aromatic N) is 4. The maximum atomic E-state index is 12.2. The summed E-state index contributed by atoms with van der Waals surface area (Å²) in [6.45, 7) is 10.4. The Morgan fingerprint density at radius 2 is 1.73 bits per heavy atom. The van der Waals surface area contributed by atoms with Crippen molar-refractivity contribution >= 4 is 18.5 Å². The van der Waals surface area contributed by atoms with Crippen molar-refractivity contribution in [3.63, 3.8) is 0 Å². The Bertz CT molecular complexity index is 538. The molecule has 1 heterocycles. The van der Waals surface area contributed by atoms with E-state index < -0.39 is 23.4 Å². The molecule has 122 valence electrons. The highest BCUT2D eigenvalue weighted by Gasteiger charge is 2.23. The van der Waals surface area contributed by atoms with Crippen LogP contribution >= 0.6 is 0 Å². The lowest BCUT2D eigenvalue weighted by atomic mass is 10.2. The molecule has 2 amide bonds. The maximum Gasteiger partial charge on any atom is 0.436 e. The predicted octanol–water partition coefficient (Wildman–Crippen LogP) is 2.72. The van der Waals surface area contributed by atoms with Crippen molar-refractivity contribution in [1.82, 2.24) is 9.89 Å². The molecule has 0 spiro atoms. The lowest BCUT2D eigenvalue weighted by Crippen LogP contribution is -2.43. The van der Waals surface area contributed by atoms with E-state index in [0.29, 0.717) is 0 Å². The Balaban J connectivity index is 2.89. The summed E-state index contributed by atoms with van der Waals surface area (Å²) in [6, 6.07) is 1.62. The Labute approximate surface area is 129 Å². The molecular formula is C14H22N4O4. The molecule has 22 heavy (non-hydrogen) atoms. The molecule has 0 aliphatic heterocycles. The quantitative estimate of drug-likeness (QED) is 0.619. The van der Waals surface area contributed by atoms with Crippen molar-refractivity contribution in [2.75, 3.05) is 5.01 Å². The minimum Gasteiger partial charge on any atom is -0.442 e. The first-order valence-corrected chi connectivity index (χ1v) is 6.77. The van der Waals surface area contributed by atoms with Crippen molar-refractivity contribution in [2.24, 2.45) is 4.99 Å². The van der Waals surface area contributed by atoms with E-state index in [2.05, 4.69) is 10.1 Å². The molecule has 1 aromatic heterocycles. The summed E-state index contributed by atoms with van der Waals surface area (Å²) in [5.41, 5.74) is -1.36. The highest BCUT2D eigenvalue weighted by atomic mass is 16.6. The van der Waals surface area contributed by atoms with Crippen LogP contribution in [-0.4, -0.2) is 39.6 Å². The van der Waals surface area contributed by atoms with Crippen LogP contribution in [0.3, 0.4) is 0 Å². The molecule has 0 atom stereocenters. The van der Waals surface area contributed by atoms with Crippen molar-refractivity contribution < 1.29 is 19.1 Å². The molecule has 8 nitrogen and oxygen atoms in total. The lowest BCUT2D eigenvalue weighted by Gasteiger charge is -2.24. The van der Waals surface area contributed by atoms with Gasteiger partial charge in [-0.2, -0.15) is 19.9 Å². The number of aliphatic imine (C=N–C) groups is 1. The monoisotopic (exact) mass is 310 g/mol. The van der Waals surface area contributed by atoms with Gasteiger partial charge in [0.1, 0.15) is 17.5 Å². The van der Waals surface area contributed by atoms with Gasteiger partial charge in [-0.1, -0.05) is 0 Å². The topological polar surface area (TPSA) is 86.0 Å². The van der Waals surface area contributed by atoms with Gasteiger partial charge in [-0.05, 0) is 47.6 Å². The third kappa shape index (κ3) is 6.38. The highest BCUT2D eigenvalue weighted by molar-refractivity contribution is 5.99. The Hall–Kier alpha value is -2.38. The minimum atomic E-state index is -0.812. The normalized spacial score (nSPS) is 12.3. The van der Waals surface area contributed by atoms with Crippen molar-refractivity contribution in [3.05, 3.63) is 18.5 Å². The van der Waals surface area contributed by atoms with Crippen LogP contribution in [0.1, 0.15) is 41.5 Å². The van der Waals surface area contributed by atoms with E-state index in [-0.39, 0.29) is 0 Å². The van der Waals surface area contributed by atoms with E-state index in [1.165, 1.54) is 17.2 Å². The zero-order valence-corrected chi connectivity index (χ0v) is 13.7. The first kappa shape index (κ1) is 17.7. The molecular weight excluding hydrogens is 288 g/mol. The molecule has 0 unspecified atom stereocenters. The fraction of sp³-hybridized carbons (Fsp3) is 0.571. The first-order chi connectivity index (χ1) is 9.98. The molecule has 0 aromatic carbocycles. The first-order valence-electron chi connectivity index (χ1n) is 6.77. The van der Waals surface area contributed by atoms with Crippen LogP contribution < -0.4 is 5.01 Å². The fourth-order valence-electron chi connectivity index (χ4n) is 1.27. The Kier molecular flexibility index (Phi) is 5.29. The number of rotatable bonds is 2. The second kappa shape index (κ2) is 6.59. The Morgan fingerprint density at radius 3 is 2.18 bits per heavy atom. The van der Waals surface area contributed by atoms with Crippen LogP contribution in [0.15, 0.2) is 23.5 Å². The van der Waals surface area contributed by atoms with Crippen molar-refractivity contribution in [3.8, 4) is 0 Å². The summed E-state index contributed by atoms with van der Waals surface area (Å²) in [5.74, 6) is 0. The summed E-state index contributed by atoms with van der Waals surface area (Å²) in [5, 5.41) is 4.89. The van der Waals surface area contributed by atoms with E-state index in [1.54, 1.807) is 47.6 Å². The van der Waals surface area contributed by atoms with E-state index in [0.717, 1.165) is 11.3 Å². The van der Waals surface area contributed by atoms with Crippen molar-refractivity contribution in [2.45, 2.75) is 52.7 Å². The molecule has 1 aromatic rings. The fourth-order valence-corrected chi connectivity index (χ4v) is 1.27. The second-order valence-electron chi connectivity index (χ2n) is 6.48. The van der Waals surface area contributed by atoms with E-state index in [1.807, 2.05) is 0 Å². The molecule has 0 fully saturated rings. The van der Waals surface area contributed by atoms with Gasteiger partial charge in [0, 0.05) is 6.20 Å². The number of carbonyl (C=O) groups is 2. The van der Waals surface area contributed by atoms with Crippen LogP contribution in [0, 0.1) is 0 Å². The lowest BCUT2D eigenvalue weighted by molar-refractivity contribution is 0.0567. The molecule has 0 bridgehead atoms. The summed E-state index contributed by atoms with van der Waals surface area (Å²) in [6.07, 6.45) is 2.48. The number of hydrogen-bond donors (Lipinski definition) is 0. The van der Waals surface area contributed by atoms with Gasteiger partial charge in [-0.25, -0.2) is 9.59 Å². The molecule has 0 N–H and O–H groups in total. The molecule has 8 heteroatoms.